The van der Waals surface area contributed by atoms with E-state index in [9.17, 15) is 9.59 Å². The van der Waals surface area contributed by atoms with E-state index in [4.69, 9.17) is 4.74 Å². The average Bonchev–Trinajstić information content (AvgIpc) is 2.82. The van der Waals surface area contributed by atoms with Crippen LogP contribution in [0.3, 0.4) is 0 Å². The maximum atomic E-state index is 13.5. The highest BCUT2D eigenvalue weighted by Gasteiger charge is 2.31. The van der Waals surface area contributed by atoms with Crippen molar-refractivity contribution in [3.05, 3.63) is 101 Å². The highest BCUT2D eigenvalue weighted by molar-refractivity contribution is 5.88. The Morgan fingerprint density at radius 3 is 2.18 bits per heavy atom. The van der Waals surface area contributed by atoms with E-state index in [0.29, 0.717) is 18.7 Å². The average molecular weight is 459 g/mol. The lowest BCUT2D eigenvalue weighted by molar-refractivity contribution is -0.143. The van der Waals surface area contributed by atoms with Gasteiger partial charge in [-0.1, -0.05) is 72.3 Å². The van der Waals surface area contributed by atoms with Crippen molar-refractivity contribution in [3.63, 3.8) is 0 Å². The maximum absolute atomic E-state index is 13.5. The van der Waals surface area contributed by atoms with E-state index in [1.165, 1.54) is 0 Å². The summed E-state index contributed by atoms with van der Waals surface area (Å²) in [4.78, 5) is 28.5. The molecular formula is C29H34N2O3. The van der Waals surface area contributed by atoms with Crippen LogP contribution in [-0.4, -0.2) is 35.4 Å². The second-order valence-corrected chi connectivity index (χ2v) is 8.92. The predicted octanol–water partition coefficient (Wildman–Crippen LogP) is 4.85. The zero-order valence-electron chi connectivity index (χ0n) is 20.5. The minimum atomic E-state index is -0.668. The molecule has 3 aromatic carbocycles. The minimum absolute atomic E-state index is 0.0370. The number of amides is 2. The molecule has 178 valence electrons. The Labute approximate surface area is 202 Å². The van der Waals surface area contributed by atoms with Gasteiger partial charge in [0.25, 0.3) is 5.91 Å². The van der Waals surface area contributed by atoms with Gasteiger partial charge in [0, 0.05) is 19.0 Å². The second kappa shape index (κ2) is 12.0. The van der Waals surface area contributed by atoms with Crippen LogP contribution in [0.2, 0.25) is 0 Å². The van der Waals surface area contributed by atoms with Crippen molar-refractivity contribution in [1.82, 2.24) is 10.2 Å². The van der Waals surface area contributed by atoms with Gasteiger partial charge in [0.05, 0.1) is 0 Å². The summed E-state index contributed by atoms with van der Waals surface area (Å²) in [6.45, 7) is 8.04. The molecule has 34 heavy (non-hydrogen) atoms. The lowest BCUT2D eigenvalue weighted by Gasteiger charge is -2.32. The van der Waals surface area contributed by atoms with Gasteiger partial charge in [-0.25, -0.2) is 0 Å². The zero-order valence-corrected chi connectivity index (χ0v) is 20.5. The first kappa shape index (κ1) is 25.0. The molecule has 5 nitrogen and oxygen atoms in total. The highest BCUT2D eigenvalue weighted by Crippen LogP contribution is 2.18. The number of nitrogens with zero attached hydrogens (tertiary/aromatic N) is 1. The van der Waals surface area contributed by atoms with Gasteiger partial charge in [0.2, 0.25) is 5.91 Å². The van der Waals surface area contributed by atoms with E-state index in [1.807, 2.05) is 107 Å². The molecule has 3 aromatic rings. The van der Waals surface area contributed by atoms with Crippen molar-refractivity contribution in [1.29, 1.82) is 0 Å². The summed E-state index contributed by atoms with van der Waals surface area (Å²) in [7, 11) is 0. The first-order valence-corrected chi connectivity index (χ1v) is 11.7. The molecule has 2 amide bonds. The standard InChI is InChI=1S/C29H34N2O3/c1-21(2)30-29(33)27(18-24-11-6-5-7-12-24)31(19-25-13-9-8-10-23(25)4)28(32)20-34-26-16-14-22(3)15-17-26/h5-17,21,27H,18-20H2,1-4H3,(H,30,33)/t27-/m1/s1. The van der Waals surface area contributed by atoms with Gasteiger partial charge in [-0.2, -0.15) is 0 Å². The Morgan fingerprint density at radius 2 is 1.53 bits per heavy atom. The number of ether oxygens (including phenoxy) is 1. The van der Waals surface area contributed by atoms with Crippen LogP contribution < -0.4 is 10.1 Å². The Bertz CT molecular complexity index is 1080. The fourth-order valence-corrected chi connectivity index (χ4v) is 3.77. The molecule has 0 unspecified atom stereocenters. The van der Waals surface area contributed by atoms with Crippen molar-refractivity contribution in [2.45, 2.75) is 52.7 Å². The quantitative estimate of drug-likeness (QED) is 0.473. The SMILES string of the molecule is Cc1ccc(OCC(=O)N(Cc2ccccc2C)[C@H](Cc2ccccc2)C(=O)NC(C)C)cc1. The van der Waals surface area contributed by atoms with Crippen molar-refractivity contribution in [2.75, 3.05) is 6.61 Å². The fourth-order valence-electron chi connectivity index (χ4n) is 3.77. The summed E-state index contributed by atoms with van der Waals surface area (Å²) in [5, 5.41) is 3.01. The van der Waals surface area contributed by atoms with Crippen LogP contribution in [0.15, 0.2) is 78.9 Å². The molecule has 0 aliphatic heterocycles. The predicted molar refractivity (Wildman–Crippen MR) is 136 cm³/mol. The first-order valence-electron chi connectivity index (χ1n) is 11.7. The van der Waals surface area contributed by atoms with Gasteiger partial charge >= 0.3 is 0 Å². The third-order valence-corrected chi connectivity index (χ3v) is 5.69. The Balaban J connectivity index is 1.91. The van der Waals surface area contributed by atoms with Gasteiger partial charge < -0.3 is 15.0 Å². The van der Waals surface area contributed by atoms with Crippen molar-refractivity contribution in [3.8, 4) is 5.75 Å². The molecule has 0 bridgehead atoms. The molecule has 0 radical (unpaired) electrons. The Hall–Kier alpha value is -3.60. The summed E-state index contributed by atoms with van der Waals surface area (Å²) in [6, 6.07) is 24.6. The van der Waals surface area contributed by atoms with Gasteiger partial charge in [0.1, 0.15) is 11.8 Å². The molecule has 3 rings (SSSR count). The van der Waals surface area contributed by atoms with Crippen LogP contribution in [0, 0.1) is 13.8 Å². The summed E-state index contributed by atoms with van der Waals surface area (Å²) >= 11 is 0. The summed E-state index contributed by atoms with van der Waals surface area (Å²) < 4.78 is 5.81. The van der Waals surface area contributed by atoms with E-state index >= 15 is 0 Å². The third-order valence-electron chi connectivity index (χ3n) is 5.69. The largest absolute Gasteiger partial charge is 0.484 e. The van der Waals surface area contributed by atoms with Gasteiger partial charge in [0.15, 0.2) is 6.61 Å². The lowest BCUT2D eigenvalue weighted by Crippen LogP contribution is -2.52. The maximum Gasteiger partial charge on any atom is 0.261 e. The smallest absolute Gasteiger partial charge is 0.261 e. The minimum Gasteiger partial charge on any atom is -0.484 e. The third kappa shape index (κ3) is 7.20. The second-order valence-electron chi connectivity index (χ2n) is 8.92. The molecule has 0 saturated heterocycles. The number of rotatable bonds is 10. The van der Waals surface area contributed by atoms with Crippen LogP contribution in [0.25, 0.3) is 0 Å². The molecular weight excluding hydrogens is 424 g/mol. The molecule has 0 saturated carbocycles. The van der Waals surface area contributed by atoms with Crippen LogP contribution in [0.4, 0.5) is 0 Å². The normalized spacial score (nSPS) is 11.7. The molecule has 1 N–H and O–H groups in total. The Morgan fingerprint density at radius 1 is 0.882 bits per heavy atom. The topological polar surface area (TPSA) is 58.6 Å². The summed E-state index contributed by atoms with van der Waals surface area (Å²) in [5.41, 5.74) is 4.19. The van der Waals surface area contributed by atoms with E-state index in [2.05, 4.69) is 5.32 Å². The number of nitrogens with one attached hydrogen (secondary N) is 1. The molecule has 0 aliphatic rings. The fraction of sp³-hybridized carbons (Fsp3) is 0.310. The lowest BCUT2D eigenvalue weighted by atomic mass is 10.0. The molecule has 0 spiro atoms. The molecule has 0 aromatic heterocycles. The van der Waals surface area contributed by atoms with Crippen molar-refractivity contribution >= 4 is 11.8 Å². The van der Waals surface area contributed by atoms with Crippen LogP contribution in [0.5, 0.6) is 5.75 Å². The number of carbonyl (C=O) groups is 2. The zero-order chi connectivity index (χ0) is 24.5. The van der Waals surface area contributed by atoms with Crippen LogP contribution >= 0.6 is 0 Å². The van der Waals surface area contributed by atoms with E-state index in [-0.39, 0.29) is 24.5 Å². The Kier molecular flexibility index (Phi) is 8.86. The monoisotopic (exact) mass is 458 g/mol. The van der Waals surface area contributed by atoms with Gasteiger partial charge in [-0.05, 0) is 56.5 Å². The van der Waals surface area contributed by atoms with E-state index in [0.717, 1.165) is 22.3 Å². The molecule has 5 heteroatoms. The first-order chi connectivity index (χ1) is 16.3. The van der Waals surface area contributed by atoms with Gasteiger partial charge in [-0.3, -0.25) is 9.59 Å². The number of carbonyl (C=O) groups excluding carboxylic acids is 2. The molecule has 0 heterocycles. The van der Waals surface area contributed by atoms with Crippen molar-refractivity contribution < 1.29 is 14.3 Å². The summed E-state index contributed by atoms with van der Waals surface area (Å²) in [5.74, 6) is 0.223. The number of aryl methyl sites for hydroxylation is 2. The number of hydrogen-bond donors (Lipinski definition) is 1. The van der Waals surface area contributed by atoms with E-state index in [1.54, 1.807) is 4.90 Å². The molecule has 0 aliphatic carbocycles. The van der Waals surface area contributed by atoms with Crippen molar-refractivity contribution in [2.24, 2.45) is 0 Å². The highest BCUT2D eigenvalue weighted by atomic mass is 16.5. The number of benzene rings is 3. The summed E-state index contributed by atoms with van der Waals surface area (Å²) in [6.07, 6.45) is 0.418. The van der Waals surface area contributed by atoms with E-state index < -0.39 is 6.04 Å². The molecule has 0 fully saturated rings. The number of hydrogen-bond acceptors (Lipinski definition) is 3. The van der Waals surface area contributed by atoms with Gasteiger partial charge in [-0.15, -0.1) is 0 Å². The van der Waals surface area contributed by atoms with Crippen LogP contribution in [-0.2, 0) is 22.6 Å². The molecule has 1 atom stereocenters. The van der Waals surface area contributed by atoms with Crippen LogP contribution in [0.1, 0.15) is 36.1 Å².